The summed E-state index contributed by atoms with van der Waals surface area (Å²) in [6.07, 6.45) is 1.97. The molecule has 5 heteroatoms. The third kappa shape index (κ3) is 1.96. The third-order valence-electron chi connectivity index (χ3n) is 3.51. The number of alkyl halides is 1. The van der Waals surface area contributed by atoms with Crippen molar-refractivity contribution in [1.29, 1.82) is 0 Å². The van der Waals surface area contributed by atoms with Crippen molar-refractivity contribution in [3.05, 3.63) is 23.3 Å². The van der Waals surface area contributed by atoms with Gasteiger partial charge < -0.3 is 14.2 Å². The van der Waals surface area contributed by atoms with Crippen LogP contribution in [0, 0.1) is 5.92 Å². The van der Waals surface area contributed by atoms with Gasteiger partial charge in [-0.2, -0.15) is 0 Å². The van der Waals surface area contributed by atoms with Crippen LogP contribution in [0.5, 0.6) is 11.5 Å². The van der Waals surface area contributed by atoms with Crippen LogP contribution >= 0.6 is 15.9 Å². The van der Waals surface area contributed by atoms with Crippen molar-refractivity contribution in [1.82, 2.24) is 0 Å². The quantitative estimate of drug-likeness (QED) is 0.635. The van der Waals surface area contributed by atoms with Gasteiger partial charge in [-0.05, 0) is 36.1 Å². The molecule has 0 saturated heterocycles. The monoisotopic (exact) mass is 312 g/mol. The molecule has 2 unspecified atom stereocenters. The van der Waals surface area contributed by atoms with Gasteiger partial charge in [0.2, 0.25) is 6.79 Å². The van der Waals surface area contributed by atoms with Crippen LogP contribution in [-0.2, 0) is 16.0 Å². The molecular formula is C13H13BrO4. The van der Waals surface area contributed by atoms with Gasteiger partial charge in [0.25, 0.3) is 6.47 Å². The average molecular weight is 313 g/mol. The zero-order chi connectivity index (χ0) is 12.5. The van der Waals surface area contributed by atoms with E-state index in [2.05, 4.69) is 22.0 Å². The molecule has 1 aliphatic carbocycles. The van der Waals surface area contributed by atoms with E-state index in [4.69, 9.17) is 14.2 Å². The predicted octanol–water partition coefficient (Wildman–Crippen LogP) is 2.59. The minimum absolute atomic E-state index is 0.190. The van der Waals surface area contributed by atoms with E-state index in [9.17, 15) is 4.79 Å². The third-order valence-corrected chi connectivity index (χ3v) is 4.75. The number of ether oxygens (including phenoxy) is 3. The number of carbonyl (C=O) groups excluding carboxylic acids is 1. The molecule has 0 radical (unpaired) electrons. The molecule has 1 aromatic carbocycles. The summed E-state index contributed by atoms with van der Waals surface area (Å²) in [4.78, 5) is 10.5. The summed E-state index contributed by atoms with van der Waals surface area (Å²) in [7, 11) is 0. The fourth-order valence-electron chi connectivity index (χ4n) is 2.54. The van der Waals surface area contributed by atoms with Gasteiger partial charge in [-0.3, -0.25) is 4.79 Å². The van der Waals surface area contributed by atoms with Crippen molar-refractivity contribution >= 4 is 22.4 Å². The van der Waals surface area contributed by atoms with Gasteiger partial charge in [0, 0.05) is 10.7 Å². The normalized spacial score (nSPS) is 24.5. The van der Waals surface area contributed by atoms with Gasteiger partial charge in [-0.1, -0.05) is 15.9 Å². The Morgan fingerprint density at radius 1 is 1.39 bits per heavy atom. The lowest BCUT2D eigenvalue weighted by atomic mass is 9.84. The summed E-state index contributed by atoms with van der Waals surface area (Å²) in [5.74, 6) is 1.94. The lowest BCUT2D eigenvalue weighted by molar-refractivity contribution is -0.130. The van der Waals surface area contributed by atoms with Crippen LogP contribution < -0.4 is 9.47 Å². The largest absolute Gasteiger partial charge is 0.468 e. The van der Waals surface area contributed by atoms with Crippen LogP contribution in [0.1, 0.15) is 22.4 Å². The molecule has 96 valence electrons. The van der Waals surface area contributed by atoms with E-state index in [1.807, 2.05) is 6.07 Å². The molecule has 18 heavy (non-hydrogen) atoms. The molecule has 0 spiro atoms. The number of rotatable bonds is 3. The van der Waals surface area contributed by atoms with E-state index in [-0.39, 0.29) is 4.83 Å². The first-order valence-corrected chi connectivity index (χ1v) is 6.83. The Kier molecular flexibility index (Phi) is 3.16. The smallest absolute Gasteiger partial charge is 0.293 e. The molecular weight excluding hydrogens is 300 g/mol. The highest BCUT2D eigenvalue weighted by atomic mass is 79.9. The minimum atomic E-state index is 0.190. The van der Waals surface area contributed by atoms with Gasteiger partial charge in [0.05, 0.1) is 6.61 Å². The Morgan fingerprint density at radius 2 is 2.17 bits per heavy atom. The molecule has 2 atom stereocenters. The summed E-state index contributed by atoms with van der Waals surface area (Å²) < 4.78 is 15.7. The molecule has 2 aliphatic rings. The number of benzene rings is 1. The highest BCUT2D eigenvalue weighted by Gasteiger charge is 2.30. The zero-order valence-corrected chi connectivity index (χ0v) is 11.3. The van der Waals surface area contributed by atoms with Gasteiger partial charge in [0.15, 0.2) is 11.5 Å². The molecule has 0 saturated carbocycles. The summed E-state index contributed by atoms with van der Waals surface area (Å²) in [6.45, 7) is 1.26. The standard InChI is InChI=1S/C13H13BrO4/c14-13-9(5-16-6-15)2-1-8-3-11-12(4-10(8)13)18-7-17-11/h3-4,6,9,13H,1-2,5,7H2. The molecule has 4 nitrogen and oxygen atoms in total. The number of fused-ring (bicyclic) bond motifs is 2. The Balaban J connectivity index is 1.88. The summed E-state index contributed by atoms with van der Waals surface area (Å²) in [5, 5.41) is 0. The second-order valence-corrected chi connectivity index (χ2v) is 5.52. The van der Waals surface area contributed by atoms with Gasteiger partial charge in [-0.15, -0.1) is 0 Å². The van der Waals surface area contributed by atoms with E-state index in [1.54, 1.807) is 0 Å². The van der Waals surface area contributed by atoms with Gasteiger partial charge in [0.1, 0.15) is 0 Å². The Bertz CT molecular complexity index is 474. The first-order chi connectivity index (χ1) is 8.79. The zero-order valence-electron chi connectivity index (χ0n) is 9.73. The SMILES string of the molecule is O=COCC1CCc2cc3c(cc2C1Br)OCO3. The molecule has 1 heterocycles. The van der Waals surface area contributed by atoms with Crippen molar-refractivity contribution in [2.45, 2.75) is 17.7 Å². The molecule has 3 rings (SSSR count). The second-order valence-electron chi connectivity index (χ2n) is 4.53. The Labute approximate surface area is 113 Å². The summed E-state index contributed by atoms with van der Waals surface area (Å²) in [6, 6.07) is 4.09. The minimum Gasteiger partial charge on any atom is -0.468 e. The molecule has 0 fully saturated rings. The van der Waals surface area contributed by atoms with E-state index in [1.165, 1.54) is 11.1 Å². The highest BCUT2D eigenvalue weighted by molar-refractivity contribution is 9.09. The van der Waals surface area contributed by atoms with Crippen LogP contribution in [0.3, 0.4) is 0 Å². The Morgan fingerprint density at radius 3 is 2.94 bits per heavy atom. The van der Waals surface area contributed by atoms with Crippen LogP contribution in [0.25, 0.3) is 0 Å². The lowest BCUT2D eigenvalue weighted by Gasteiger charge is -2.29. The number of halogens is 1. The number of carbonyl (C=O) groups is 1. The van der Waals surface area contributed by atoms with Crippen molar-refractivity contribution in [2.24, 2.45) is 5.92 Å². The fraction of sp³-hybridized carbons (Fsp3) is 0.462. The number of hydrogen-bond acceptors (Lipinski definition) is 4. The maximum absolute atomic E-state index is 10.3. The van der Waals surface area contributed by atoms with E-state index in [0.717, 1.165) is 24.3 Å². The second kappa shape index (κ2) is 4.80. The Hall–Kier alpha value is -1.23. The van der Waals surface area contributed by atoms with Crippen molar-refractivity contribution in [3.8, 4) is 11.5 Å². The van der Waals surface area contributed by atoms with Gasteiger partial charge >= 0.3 is 0 Å². The maximum atomic E-state index is 10.3. The molecule has 0 bridgehead atoms. The number of aryl methyl sites for hydroxylation is 1. The fourth-order valence-corrected chi connectivity index (χ4v) is 3.39. The average Bonchev–Trinajstić information content (AvgIpc) is 2.83. The first kappa shape index (κ1) is 11.8. The van der Waals surface area contributed by atoms with Crippen molar-refractivity contribution < 1.29 is 19.0 Å². The van der Waals surface area contributed by atoms with E-state index < -0.39 is 0 Å². The molecule has 1 aliphatic heterocycles. The van der Waals surface area contributed by atoms with Crippen LogP contribution in [0.15, 0.2) is 12.1 Å². The molecule has 1 aromatic rings. The predicted molar refractivity (Wildman–Crippen MR) is 68.1 cm³/mol. The molecule has 0 N–H and O–H groups in total. The highest BCUT2D eigenvalue weighted by Crippen LogP contribution is 2.45. The first-order valence-electron chi connectivity index (χ1n) is 5.91. The summed E-state index contributed by atoms with van der Waals surface area (Å²) >= 11 is 3.70. The van der Waals surface area contributed by atoms with Crippen LogP contribution in [0.4, 0.5) is 0 Å². The number of hydrogen-bond donors (Lipinski definition) is 0. The van der Waals surface area contributed by atoms with Crippen molar-refractivity contribution in [2.75, 3.05) is 13.4 Å². The van der Waals surface area contributed by atoms with Crippen LogP contribution in [-0.4, -0.2) is 19.9 Å². The molecule has 0 amide bonds. The van der Waals surface area contributed by atoms with Gasteiger partial charge in [-0.25, -0.2) is 0 Å². The van der Waals surface area contributed by atoms with E-state index >= 15 is 0 Å². The maximum Gasteiger partial charge on any atom is 0.293 e. The molecule has 0 aromatic heterocycles. The van der Waals surface area contributed by atoms with Crippen molar-refractivity contribution in [3.63, 3.8) is 0 Å². The topological polar surface area (TPSA) is 44.8 Å². The lowest BCUT2D eigenvalue weighted by Crippen LogP contribution is -2.21. The van der Waals surface area contributed by atoms with Crippen LogP contribution in [0.2, 0.25) is 0 Å². The summed E-state index contributed by atoms with van der Waals surface area (Å²) in [5.41, 5.74) is 2.49. The van der Waals surface area contributed by atoms with E-state index in [0.29, 0.717) is 25.8 Å².